The molecule has 0 bridgehead atoms. The highest BCUT2D eigenvalue weighted by Gasteiger charge is 2.37. The highest BCUT2D eigenvalue weighted by atomic mass is 32.1. The van der Waals surface area contributed by atoms with Gasteiger partial charge in [-0.3, -0.25) is 9.48 Å². The molecular formula is C21H23F2N5O4S. The van der Waals surface area contributed by atoms with Gasteiger partial charge in [-0.15, -0.1) is 0 Å². The van der Waals surface area contributed by atoms with Gasteiger partial charge in [0.15, 0.2) is 5.69 Å². The maximum absolute atomic E-state index is 14.1. The van der Waals surface area contributed by atoms with Crippen LogP contribution in [0.3, 0.4) is 0 Å². The van der Waals surface area contributed by atoms with Crippen molar-refractivity contribution in [3.63, 3.8) is 0 Å². The summed E-state index contributed by atoms with van der Waals surface area (Å²) in [6.45, 7) is 2.43. The van der Waals surface area contributed by atoms with Crippen molar-refractivity contribution < 1.29 is 28.2 Å². The fraction of sp³-hybridized carbons (Fsp3) is 0.381. The summed E-state index contributed by atoms with van der Waals surface area (Å²) < 4.78 is 41.4. The van der Waals surface area contributed by atoms with Gasteiger partial charge in [-0.1, -0.05) is 24.3 Å². The number of aromatic nitrogens is 3. The number of halogens is 2. The van der Waals surface area contributed by atoms with E-state index in [9.17, 15) is 18.7 Å². The lowest BCUT2D eigenvalue weighted by molar-refractivity contribution is -0.244. The Morgan fingerprint density at radius 3 is 2.64 bits per heavy atom. The molecule has 4 N–H and O–H groups in total. The Morgan fingerprint density at radius 1 is 1.36 bits per heavy atom. The number of aliphatic hydroxyl groups is 1. The molecule has 0 radical (unpaired) electrons. The number of carbonyl (C=O) groups is 1. The zero-order valence-electron chi connectivity index (χ0n) is 18.0. The number of anilines is 2. The first-order chi connectivity index (χ1) is 15.8. The van der Waals surface area contributed by atoms with Crippen LogP contribution in [0.5, 0.6) is 0 Å². The van der Waals surface area contributed by atoms with E-state index in [1.165, 1.54) is 16.9 Å². The molecule has 0 aliphatic carbocycles. The summed E-state index contributed by atoms with van der Waals surface area (Å²) in [6.07, 6.45) is 1.29. The fourth-order valence-corrected chi connectivity index (χ4v) is 4.35. The van der Waals surface area contributed by atoms with Crippen molar-refractivity contribution in [3.8, 4) is 10.6 Å². The summed E-state index contributed by atoms with van der Waals surface area (Å²) in [6, 6.07) is 3.45. The average Bonchev–Trinajstić information content (AvgIpc) is 3.36. The second-order valence-corrected chi connectivity index (χ2v) is 8.85. The predicted octanol–water partition coefficient (Wildman–Crippen LogP) is 3.09. The number of hydrogen-bond acceptors (Lipinski definition) is 8. The number of benzene rings is 1. The Kier molecular flexibility index (Phi) is 6.43. The number of nitrogens with zero attached hydrogens (tertiary/aromatic N) is 3. The van der Waals surface area contributed by atoms with E-state index in [1.807, 2.05) is 6.92 Å². The zero-order chi connectivity index (χ0) is 23.8. The number of aliphatic hydroxyl groups excluding tert-OH is 1. The number of rotatable bonds is 6. The second-order valence-electron chi connectivity index (χ2n) is 7.82. The molecule has 1 aliphatic heterocycles. The lowest BCUT2D eigenvalue weighted by Crippen LogP contribution is -2.41. The topological polar surface area (TPSA) is 125 Å². The van der Waals surface area contributed by atoms with Gasteiger partial charge in [0.05, 0.1) is 37.3 Å². The maximum atomic E-state index is 14.1. The Bertz CT molecular complexity index is 1150. The van der Waals surface area contributed by atoms with Crippen LogP contribution in [0.15, 0.2) is 24.4 Å². The van der Waals surface area contributed by atoms with Crippen molar-refractivity contribution in [2.24, 2.45) is 12.5 Å². The Morgan fingerprint density at radius 2 is 2.03 bits per heavy atom. The number of aryl methyl sites for hydroxylation is 1. The van der Waals surface area contributed by atoms with Crippen molar-refractivity contribution in [1.29, 1.82) is 0 Å². The van der Waals surface area contributed by atoms with Crippen molar-refractivity contribution in [2.75, 3.05) is 30.9 Å². The fourth-order valence-electron chi connectivity index (χ4n) is 3.47. The third-order valence-electron chi connectivity index (χ3n) is 5.67. The maximum Gasteiger partial charge on any atom is 0.277 e. The summed E-state index contributed by atoms with van der Waals surface area (Å²) in [7, 11) is 1.67. The van der Waals surface area contributed by atoms with Crippen LogP contribution in [0, 0.1) is 17.0 Å². The molecule has 0 saturated carbocycles. The highest BCUT2D eigenvalue weighted by Crippen LogP contribution is 2.37. The summed E-state index contributed by atoms with van der Waals surface area (Å²) in [5.74, 6) is -2.28. The normalized spacial score (nSPS) is 20.7. The van der Waals surface area contributed by atoms with Crippen molar-refractivity contribution in [2.45, 2.75) is 19.6 Å². The lowest BCUT2D eigenvalue weighted by Gasteiger charge is -2.38. The number of nitrogens with one attached hydrogen (secondary N) is 1. The van der Waals surface area contributed by atoms with Gasteiger partial charge in [-0.05, 0) is 18.6 Å². The number of carbonyl (C=O) groups excluding carboxylic acids is 1. The molecule has 2 aromatic heterocycles. The van der Waals surface area contributed by atoms with Gasteiger partial charge in [0.1, 0.15) is 27.3 Å². The van der Waals surface area contributed by atoms with Crippen molar-refractivity contribution >= 4 is 27.9 Å². The Hall–Kier alpha value is -2.93. The van der Waals surface area contributed by atoms with Gasteiger partial charge in [-0.25, -0.2) is 13.8 Å². The third-order valence-corrected chi connectivity index (χ3v) is 6.57. The molecule has 9 nitrogen and oxygen atoms in total. The van der Waals surface area contributed by atoms with E-state index in [0.717, 1.165) is 23.5 Å². The first kappa shape index (κ1) is 23.2. The predicted molar refractivity (Wildman–Crippen MR) is 117 cm³/mol. The smallest absolute Gasteiger partial charge is 0.277 e. The van der Waals surface area contributed by atoms with E-state index in [1.54, 1.807) is 7.05 Å². The largest absolute Gasteiger partial charge is 0.396 e. The van der Waals surface area contributed by atoms with Crippen molar-refractivity contribution in [1.82, 2.24) is 14.8 Å². The summed E-state index contributed by atoms with van der Waals surface area (Å²) in [4.78, 5) is 17.0. The molecule has 0 unspecified atom stereocenters. The lowest BCUT2D eigenvalue weighted by atomic mass is 9.87. The Balaban J connectivity index is 1.56. The molecule has 1 fully saturated rings. The van der Waals surface area contributed by atoms with Gasteiger partial charge < -0.3 is 25.6 Å². The quantitative estimate of drug-likeness (QED) is 0.496. The first-order valence-corrected chi connectivity index (χ1v) is 11.0. The number of nitrogens with two attached hydrogens (primary N) is 1. The van der Waals surface area contributed by atoms with Crippen LogP contribution in [-0.4, -0.2) is 45.6 Å². The van der Waals surface area contributed by atoms with Crippen LogP contribution in [-0.2, 0) is 16.5 Å². The van der Waals surface area contributed by atoms with E-state index < -0.39 is 29.2 Å². The molecule has 0 atom stereocenters. The molecule has 1 aliphatic rings. The van der Waals surface area contributed by atoms with Crippen LogP contribution in [0.4, 0.5) is 19.5 Å². The van der Waals surface area contributed by atoms with Gasteiger partial charge in [-0.2, -0.15) is 5.10 Å². The Labute approximate surface area is 192 Å². The monoisotopic (exact) mass is 479 g/mol. The van der Waals surface area contributed by atoms with Crippen LogP contribution in [0.1, 0.15) is 35.8 Å². The third kappa shape index (κ3) is 4.34. The van der Waals surface area contributed by atoms with Crippen LogP contribution in [0.25, 0.3) is 10.6 Å². The zero-order valence-corrected chi connectivity index (χ0v) is 18.8. The van der Waals surface area contributed by atoms with Crippen LogP contribution < -0.4 is 11.1 Å². The summed E-state index contributed by atoms with van der Waals surface area (Å²) in [5, 5.41) is 16.5. The molecule has 176 valence electrons. The standard InChI is InChI=1S/C21H23F2N5O4S/c1-3-21(8-29)9-31-20(32-10-21)16-13(7-25-28(16)2)26-18(30)15-17(24)33-19(27-15)14-11(22)5-4-6-12(14)23/h4-7,20,29H,3,8-10,24H2,1-2H3,(H,26,30). The first-order valence-electron chi connectivity index (χ1n) is 10.2. The number of amides is 1. The van der Waals surface area contributed by atoms with Gasteiger partial charge in [0.25, 0.3) is 5.91 Å². The van der Waals surface area contributed by atoms with Gasteiger partial charge in [0.2, 0.25) is 6.29 Å². The number of ether oxygens (including phenoxy) is 2. The minimum Gasteiger partial charge on any atom is -0.396 e. The van der Waals surface area contributed by atoms with Gasteiger partial charge in [0, 0.05) is 12.5 Å². The number of hydrogen-bond donors (Lipinski definition) is 3. The molecule has 3 heterocycles. The summed E-state index contributed by atoms with van der Waals surface area (Å²) in [5.41, 5.74) is 5.72. The van der Waals surface area contributed by atoms with Crippen LogP contribution >= 0.6 is 11.3 Å². The second kappa shape index (κ2) is 9.14. The molecular weight excluding hydrogens is 456 g/mol. The molecule has 3 aromatic rings. The number of nitrogen functional groups attached to an aromatic ring is 1. The molecule has 0 spiro atoms. The SMILES string of the molecule is CCC1(CO)COC(c2c(NC(=O)c3nc(-c4c(F)cccc4F)sc3N)cnn2C)OC1. The van der Waals surface area contributed by atoms with Crippen molar-refractivity contribution in [3.05, 3.63) is 47.4 Å². The van der Waals surface area contributed by atoms with E-state index >= 15 is 0 Å². The minimum atomic E-state index is -0.810. The van der Waals surface area contributed by atoms with E-state index in [2.05, 4.69) is 15.4 Å². The molecule has 1 amide bonds. The van der Waals surface area contributed by atoms with E-state index in [0.29, 0.717) is 17.8 Å². The molecule has 12 heteroatoms. The highest BCUT2D eigenvalue weighted by molar-refractivity contribution is 7.19. The molecule has 1 saturated heterocycles. The summed E-state index contributed by atoms with van der Waals surface area (Å²) >= 11 is 0.809. The average molecular weight is 480 g/mol. The molecule has 4 rings (SSSR count). The van der Waals surface area contributed by atoms with E-state index in [4.69, 9.17) is 15.2 Å². The minimum absolute atomic E-state index is 0.0106. The molecule has 1 aromatic carbocycles. The van der Waals surface area contributed by atoms with Crippen LogP contribution in [0.2, 0.25) is 0 Å². The van der Waals surface area contributed by atoms with E-state index in [-0.39, 0.29) is 41.1 Å². The molecule has 33 heavy (non-hydrogen) atoms. The number of thiazole rings is 1. The van der Waals surface area contributed by atoms with Gasteiger partial charge >= 0.3 is 0 Å².